The summed E-state index contributed by atoms with van der Waals surface area (Å²) in [6, 6.07) is 2.48. The average molecular weight is 357 g/mol. The van der Waals surface area contributed by atoms with Gasteiger partial charge in [-0.3, -0.25) is 0 Å². The van der Waals surface area contributed by atoms with E-state index in [0.717, 1.165) is 27.4 Å². The molecule has 1 fully saturated rings. The van der Waals surface area contributed by atoms with Gasteiger partial charge in [-0.25, -0.2) is 9.97 Å². The predicted octanol–water partition coefficient (Wildman–Crippen LogP) is 4.93. The zero-order chi connectivity index (χ0) is 14.3. The number of imidazole rings is 1. The molecule has 1 saturated carbocycles. The lowest BCUT2D eigenvalue weighted by atomic mass is 9.78. The van der Waals surface area contributed by atoms with Gasteiger partial charge in [0.25, 0.3) is 0 Å². The largest absolute Gasteiger partial charge is 0.308 e. The van der Waals surface area contributed by atoms with E-state index in [1.165, 1.54) is 19.3 Å². The molecule has 0 spiro atoms. The summed E-state index contributed by atoms with van der Waals surface area (Å²) in [5.41, 5.74) is 1.90. The summed E-state index contributed by atoms with van der Waals surface area (Å²) in [4.78, 5) is 9.24. The van der Waals surface area contributed by atoms with Crippen molar-refractivity contribution in [2.24, 2.45) is 11.8 Å². The molecule has 20 heavy (non-hydrogen) atoms. The first-order valence-corrected chi connectivity index (χ1v) is 8.53. The molecule has 2 heterocycles. The number of pyridine rings is 1. The molecular weight excluding hydrogens is 338 g/mol. The number of rotatable bonds is 2. The van der Waals surface area contributed by atoms with Gasteiger partial charge in [-0.2, -0.15) is 0 Å². The maximum atomic E-state index is 6.12. The Morgan fingerprint density at radius 3 is 2.95 bits per heavy atom. The Hall–Kier alpha value is -0.610. The Morgan fingerprint density at radius 1 is 1.40 bits per heavy atom. The lowest BCUT2D eigenvalue weighted by Gasteiger charge is -2.35. The Kier molecular flexibility index (Phi) is 4.04. The predicted molar refractivity (Wildman–Crippen MR) is 86.0 cm³/mol. The van der Waals surface area contributed by atoms with E-state index in [-0.39, 0.29) is 0 Å². The molecule has 1 aliphatic carbocycles. The number of aromatic nitrogens is 3. The Bertz CT molecular complexity index is 625. The van der Waals surface area contributed by atoms with Crippen LogP contribution in [-0.4, -0.2) is 14.5 Å². The first-order chi connectivity index (χ1) is 9.61. The monoisotopic (exact) mass is 355 g/mol. The van der Waals surface area contributed by atoms with Gasteiger partial charge in [-0.1, -0.05) is 26.7 Å². The summed E-state index contributed by atoms with van der Waals surface area (Å²) >= 11 is 9.58. The quantitative estimate of drug-likeness (QED) is 0.714. The van der Waals surface area contributed by atoms with Crippen molar-refractivity contribution in [3.63, 3.8) is 0 Å². The summed E-state index contributed by atoms with van der Waals surface area (Å²) in [5.74, 6) is 2.75. The zero-order valence-corrected chi connectivity index (χ0v) is 14.2. The van der Waals surface area contributed by atoms with E-state index in [0.29, 0.717) is 17.8 Å². The summed E-state index contributed by atoms with van der Waals surface area (Å²) < 4.78 is 3.25. The van der Waals surface area contributed by atoms with Crippen LogP contribution in [-0.2, 0) is 5.88 Å². The number of hydrogen-bond acceptors (Lipinski definition) is 2. The SMILES string of the molecule is CC1CCCC(n2c(CCl)nc3cc(Br)cnc32)C1C. The van der Waals surface area contributed by atoms with Crippen LogP contribution in [0.4, 0.5) is 0 Å². The first-order valence-electron chi connectivity index (χ1n) is 7.20. The third-order valence-corrected chi connectivity index (χ3v) is 5.36. The second kappa shape index (κ2) is 5.64. The van der Waals surface area contributed by atoms with Crippen LogP contribution in [0.25, 0.3) is 11.2 Å². The molecule has 2 aromatic rings. The highest BCUT2D eigenvalue weighted by Crippen LogP contribution is 2.40. The van der Waals surface area contributed by atoms with Crippen molar-refractivity contribution in [3.05, 3.63) is 22.6 Å². The fraction of sp³-hybridized carbons (Fsp3) is 0.600. The Morgan fingerprint density at radius 2 is 2.20 bits per heavy atom. The normalized spacial score (nSPS) is 27.1. The summed E-state index contributed by atoms with van der Waals surface area (Å²) in [7, 11) is 0. The minimum Gasteiger partial charge on any atom is -0.308 e. The lowest BCUT2D eigenvalue weighted by molar-refractivity contribution is 0.187. The van der Waals surface area contributed by atoms with Crippen molar-refractivity contribution in [1.82, 2.24) is 14.5 Å². The molecule has 3 nitrogen and oxygen atoms in total. The van der Waals surface area contributed by atoms with Crippen LogP contribution < -0.4 is 0 Å². The fourth-order valence-electron chi connectivity index (χ4n) is 3.37. The van der Waals surface area contributed by atoms with Gasteiger partial charge < -0.3 is 4.57 Å². The van der Waals surface area contributed by atoms with Gasteiger partial charge in [-0.15, -0.1) is 11.6 Å². The Labute approximate surface area is 132 Å². The van der Waals surface area contributed by atoms with Crippen molar-refractivity contribution in [2.45, 2.75) is 45.0 Å². The van der Waals surface area contributed by atoms with Gasteiger partial charge in [-0.05, 0) is 40.3 Å². The molecule has 0 saturated heterocycles. The molecule has 0 amide bonds. The maximum Gasteiger partial charge on any atom is 0.160 e. The lowest BCUT2D eigenvalue weighted by Crippen LogP contribution is -2.28. The van der Waals surface area contributed by atoms with Gasteiger partial charge >= 0.3 is 0 Å². The van der Waals surface area contributed by atoms with Crippen molar-refractivity contribution in [1.29, 1.82) is 0 Å². The molecule has 0 N–H and O–H groups in total. The topological polar surface area (TPSA) is 30.7 Å². The molecule has 108 valence electrons. The molecule has 0 bridgehead atoms. The molecule has 0 aromatic carbocycles. The standard InChI is InChI=1S/C15H19BrClN3/c1-9-4-3-5-13(10(9)2)20-14(7-17)19-12-6-11(16)8-18-15(12)20/h6,8-10,13H,3-5,7H2,1-2H3. The smallest absolute Gasteiger partial charge is 0.160 e. The van der Waals surface area contributed by atoms with E-state index in [1.54, 1.807) is 0 Å². The highest BCUT2D eigenvalue weighted by Gasteiger charge is 2.31. The summed E-state index contributed by atoms with van der Waals surface area (Å²) in [6.45, 7) is 4.69. The van der Waals surface area contributed by atoms with Crippen LogP contribution in [0, 0.1) is 11.8 Å². The molecule has 3 rings (SSSR count). The van der Waals surface area contributed by atoms with Crippen molar-refractivity contribution < 1.29 is 0 Å². The number of fused-ring (bicyclic) bond motifs is 1. The van der Waals surface area contributed by atoms with Gasteiger partial charge in [0.05, 0.1) is 5.88 Å². The highest BCUT2D eigenvalue weighted by molar-refractivity contribution is 9.10. The first kappa shape index (κ1) is 14.3. The van der Waals surface area contributed by atoms with E-state index in [9.17, 15) is 0 Å². The fourth-order valence-corrected chi connectivity index (χ4v) is 3.87. The van der Waals surface area contributed by atoms with E-state index in [1.807, 2.05) is 12.3 Å². The molecule has 5 heteroatoms. The molecule has 0 aliphatic heterocycles. The van der Waals surface area contributed by atoms with Crippen molar-refractivity contribution >= 4 is 38.7 Å². The van der Waals surface area contributed by atoms with Crippen LogP contribution >= 0.6 is 27.5 Å². The van der Waals surface area contributed by atoms with Crippen molar-refractivity contribution in [2.75, 3.05) is 0 Å². The molecule has 1 aliphatic rings. The second-order valence-electron chi connectivity index (χ2n) is 5.86. The number of alkyl halides is 1. The van der Waals surface area contributed by atoms with E-state index >= 15 is 0 Å². The van der Waals surface area contributed by atoms with Gasteiger partial charge in [0.1, 0.15) is 11.3 Å². The van der Waals surface area contributed by atoms with E-state index < -0.39 is 0 Å². The van der Waals surface area contributed by atoms with E-state index in [4.69, 9.17) is 11.6 Å². The number of nitrogens with zero attached hydrogens (tertiary/aromatic N) is 3. The van der Waals surface area contributed by atoms with Crippen molar-refractivity contribution in [3.8, 4) is 0 Å². The summed E-state index contributed by atoms with van der Waals surface area (Å²) in [5, 5.41) is 0. The Balaban J connectivity index is 2.13. The molecule has 0 radical (unpaired) electrons. The third kappa shape index (κ3) is 2.37. The van der Waals surface area contributed by atoms with Gasteiger partial charge in [0.15, 0.2) is 5.65 Å². The second-order valence-corrected chi connectivity index (χ2v) is 7.05. The molecule has 2 aromatic heterocycles. The third-order valence-electron chi connectivity index (χ3n) is 4.68. The van der Waals surface area contributed by atoms with Gasteiger partial charge in [0.2, 0.25) is 0 Å². The van der Waals surface area contributed by atoms with Gasteiger partial charge in [0, 0.05) is 16.7 Å². The maximum absolute atomic E-state index is 6.12. The van der Waals surface area contributed by atoms with Crippen LogP contribution in [0.2, 0.25) is 0 Å². The average Bonchev–Trinajstić information content (AvgIpc) is 2.79. The van der Waals surface area contributed by atoms with Crippen LogP contribution in [0.3, 0.4) is 0 Å². The molecule has 3 atom stereocenters. The molecular formula is C15H19BrClN3. The zero-order valence-electron chi connectivity index (χ0n) is 11.8. The summed E-state index contributed by atoms with van der Waals surface area (Å²) in [6.07, 6.45) is 5.63. The van der Waals surface area contributed by atoms with E-state index in [2.05, 4.69) is 44.3 Å². The number of halogens is 2. The minimum atomic E-state index is 0.436. The van der Waals surface area contributed by atoms with Crippen LogP contribution in [0.1, 0.15) is 45.0 Å². The molecule has 3 unspecified atom stereocenters. The van der Waals surface area contributed by atoms with Crippen LogP contribution in [0.15, 0.2) is 16.7 Å². The number of hydrogen-bond donors (Lipinski definition) is 0. The minimum absolute atomic E-state index is 0.436. The highest BCUT2D eigenvalue weighted by atomic mass is 79.9. The van der Waals surface area contributed by atoms with Crippen LogP contribution in [0.5, 0.6) is 0 Å².